The van der Waals surface area contributed by atoms with Crippen LogP contribution in [-0.4, -0.2) is 56.3 Å². The molecule has 0 unspecified atom stereocenters. The molecular formula is C18H26FN3O4S. The first kappa shape index (κ1) is 19.9. The molecule has 1 aromatic rings. The number of fused-ring (bicyclic) bond motifs is 1. The summed E-state index contributed by atoms with van der Waals surface area (Å²) >= 11 is 0. The number of amides is 2. The van der Waals surface area contributed by atoms with E-state index in [4.69, 9.17) is 4.74 Å². The predicted octanol–water partition coefficient (Wildman–Crippen LogP) is 2.33. The Balaban J connectivity index is 1.62. The molecule has 1 saturated heterocycles. The van der Waals surface area contributed by atoms with Crippen LogP contribution in [0.5, 0.6) is 5.75 Å². The van der Waals surface area contributed by atoms with Crippen LogP contribution in [0.3, 0.4) is 0 Å². The zero-order chi connectivity index (χ0) is 19.6. The average Bonchev–Trinajstić information content (AvgIpc) is 2.61. The third-order valence-electron chi connectivity index (χ3n) is 4.86. The van der Waals surface area contributed by atoms with E-state index in [1.54, 1.807) is 4.90 Å². The summed E-state index contributed by atoms with van der Waals surface area (Å²) in [6.45, 7) is 4.86. The second kappa shape index (κ2) is 8.02. The second-order valence-electron chi connectivity index (χ2n) is 7.09. The summed E-state index contributed by atoms with van der Waals surface area (Å²) < 4.78 is 44.9. The minimum Gasteiger partial charge on any atom is -0.487 e. The van der Waals surface area contributed by atoms with Gasteiger partial charge < -0.3 is 10.1 Å². The Labute approximate surface area is 159 Å². The fourth-order valence-corrected chi connectivity index (χ4v) is 5.07. The molecular weight excluding hydrogens is 373 g/mol. The van der Waals surface area contributed by atoms with Crippen LogP contribution in [0.4, 0.5) is 14.9 Å². The van der Waals surface area contributed by atoms with Gasteiger partial charge in [-0.3, -0.25) is 4.90 Å². The predicted molar refractivity (Wildman–Crippen MR) is 101 cm³/mol. The van der Waals surface area contributed by atoms with Gasteiger partial charge in [0.1, 0.15) is 17.7 Å². The number of rotatable bonds is 4. The number of anilines is 1. The van der Waals surface area contributed by atoms with Crippen molar-refractivity contribution in [1.29, 1.82) is 0 Å². The number of nitrogens with one attached hydrogen (secondary N) is 1. The molecule has 7 nitrogen and oxygen atoms in total. The number of ether oxygens (including phenoxy) is 1. The highest BCUT2D eigenvalue weighted by Crippen LogP contribution is 2.34. The Kier molecular flexibility index (Phi) is 5.90. The molecule has 0 aromatic heterocycles. The van der Waals surface area contributed by atoms with Gasteiger partial charge in [-0.25, -0.2) is 21.9 Å². The van der Waals surface area contributed by atoms with Crippen LogP contribution in [0.15, 0.2) is 18.2 Å². The molecule has 1 atom stereocenters. The highest BCUT2D eigenvalue weighted by molar-refractivity contribution is 7.89. The topological polar surface area (TPSA) is 79.0 Å². The van der Waals surface area contributed by atoms with Gasteiger partial charge in [0, 0.05) is 25.2 Å². The first-order valence-electron chi connectivity index (χ1n) is 9.32. The van der Waals surface area contributed by atoms with E-state index in [2.05, 4.69) is 5.32 Å². The van der Waals surface area contributed by atoms with Gasteiger partial charge in [-0.05, 0) is 38.3 Å². The van der Waals surface area contributed by atoms with E-state index in [0.29, 0.717) is 50.3 Å². The molecule has 1 aromatic carbocycles. The van der Waals surface area contributed by atoms with Gasteiger partial charge in [0.25, 0.3) is 0 Å². The van der Waals surface area contributed by atoms with Gasteiger partial charge in [-0.15, -0.1) is 0 Å². The monoisotopic (exact) mass is 399 g/mol. The Hall–Kier alpha value is -1.87. The van der Waals surface area contributed by atoms with Gasteiger partial charge >= 0.3 is 6.03 Å². The van der Waals surface area contributed by atoms with E-state index in [1.165, 1.54) is 22.5 Å². The number of hydrogen-bond acceptors (Lipinski definition) is 4. The highest BCUT2D eigenvalue weighted by Gasteiger charge is 2.32. The van der Waals surface area contributed by atoms with Gasteiger partial charge in [0.2, 0.25) is 10.0 Å². The number of nitrogens with zero attached hydrogens (tertiary/aromatic N) is 2. The molecule has 9 heteroatoms. The van der Waals surface area contributed by atoms with Crippen molar-refractivity contribution in [2.75, 3.05) is 30.3 Å². The van der Waals surface area contributed by atoms with Crippen molar-refractivity contribution in [1.82, 2.24) is 9.62 Å². The number of piperidine rings is 1. The quantitative estimate of drug-likeness (QED) is 0.843. The zero-order valence-electron chi connectivity index (χ0n) is 15.7. The van der Waals surface area contributed by atoms with E-state index in [1.807, 2.05) is 13.8 Å². The van der Waals surface area contributed by atoms with Crippen LogP contribution in [0.2, 0.25) is 0 Å². The summed E-state index contributed by atoms with van der Waals surface area (Å²) in [5.41, 5.74) is 0.537. The molecule has 0 bridgehead atoms. The summed E-state index contributed by atoms with van der Waals surface area (Å²) in [5.74, 6) is 0.0940. The van der Waals surface area contributed by atoms with Gasteiger partial charge in [-0.2, -0.15) is 0 Å². The molecule has 0 spiro atoms. The summed E-state index contributed by atoms with van der Waals surface area (Å²) in [6.07, 6.45) is 1.50. The minimum atomic E-state index is -3.20. The van der Waals surface area contributed by atoms with Gasteiger partial charge in [0.15, 0.2) is 0 Å². The third-order valence-corrected chi connectivity index (χ3v) is 6.94. The number of carbonyl (C=O) groups excluding carboxylic acids is 1. The second-order valence-corrected chi connectivity index (χ2v) is 9.18. The molecule has 1 fully saturated rings. The lowest BCUT2D eigenvalue weighted by atomic mass is 10.1. The molecule has 2 aliphatic heterocycles. The van der Waals surface area contributed by atoms with Crippen molar-refractivity contribution in [3.8, 4) is 5.75 Å². The number of sulfonamides is 1. The lowest BCUT2D eigenvalue weighted by Gasteiger charge is -2.36. The van der Waals surface area contributed by atoms with E-state index in [0.717, 1.165) is 0 Å². The molecule has 150 valence electrons. The molecule has 27 heavy (non-hydrogen) atoms. The average molecular weight is 399 g/mol. The number of urea groups is 1. The van der Waals surface area contributed by atoms with Crippen LogP contribution in [0, 0.1) is 5.82 Å². The number of benzene rings is 1. The standard InChI is InChI=1S/C18H26FN3O4S/c1-3-10-27(24,25)21-8-6-15(7-9-21)20-18(23)22-12-13(2)26-17-11-14(19)4-5-16(17)22/h4-5,11,13,15H,3,6-10,12H2,1-2H3,(H,20,23)/t13-/m0/s1. The smallest absolute Gasteiger partial charge is 0.322 e. The van der Waals surface area contributed by atoms with Crippen molar-refractivity contribution in [2.45, 2.75) is 45.3 Å². The van der Waals surface area contributed by atoms with E-state index in [9.17, 15) is 17.6 Å². The van der Waals surface area contributed by atoms with E-state index >= 15 is 0 Å². The summed E-state index contributed by atoms with van der Waals surface area (Å²) in [6, 6.07) is 3.76. The van der Waals surface area contributed by atoms with Crippen LogP contribution in [0.1, 0.15) is 33.1 Å². The van der Waals surface area contributed by atoms with Crippen molar-refractivity contribution in [3.05, 3.63) is 24.0 Å². The minimum absolute atomic E-state index is 0.0902. The largest absolute Gasteiger partial charge is 0.487 e. The Morgan fingerprint density at radius 2 is 2.04 bits per heavy atom. The Morgan fingerprint density at radius 1 is 1.33 bits per heavy atom. The number of halogens is 1. The van der Waals surface area contributed by atoms with Crippen LogP contribution >= 0.6 is 0 Å². The number of carbonyl (C=O) groups is 1. The van der Waals surface area contributed by atoms with Crippen molar-refractivity contribution < 1.29 is 22.3 Å². The van der Waals surface area contributed by atoms with Gasteiger partial charge in [-0.1, -0.05) is 6.92 Å². The lowest BCUT2D eigenvalue weighted by molar-refractivity contribution is 0.200. The van der Waals surface area contributed by atoms with Crippen molar-refractivity contribution in [2.24, 2.45) is 0 Å². The Bertz CT molecular complexity index is 794. The molecule has 0 aliphatic carbocycles. The van der Waals surface area contributed by atoms with Crippen LogP contribution < -0.4 is 15.0 Å². The Morgan fingerprint density at radius 3 is 2.70 bits per heavy atom. The van der Waals surface area contributed by atoms with Crippen molar-refractivity contribution >= 4 is 21.7 Å². The maximum Gasteiger partial charge on any atom is 0.322 e. The molecule has 2 aliphatic rings. The normalized spacial score (nSPS) is 21.4. The highest BCUT2D eigenvalue weighted by atomic mass is 32.2. The molecule has 0 saturated carbocycles. The maximum atomic E-state index is 13.5. The van der Waals surface area contributed by atoms with E-state index < -0.39 is 15.8 Å². The summed E-state index contributed by atoms with van der Waals surface area (Å²) in [5, 5.41) is 2.98. The molecule has 0 radical (unpaired) electrons. The number of hydrogen-bond donors (Lipinski definition) is 1. The fraction of sp³-hybridized carbons (Fsp3) is 0.611. The van der Waals surface area contributed by atoms with Crippen molar-refractivity contribution in [3.63, 3.8) is 0 Å². The first-order chi connectivity index (χ1) is 12.8. The van der Waals surface area contributed by atoms with Crippen LogP contribution in [-0.2, 0) is 10.0 Å². The SMILES string of the molecule is CCCS(=O)(=O)N1CCC(NC(=O)N2C[C@H](C)Oc3cc(F)ccc32)CC1. The third kappa shape index (κ3) is 4.52. The fourth-order valence-electron chi connectivity index (χ4n) is 3.53. The molecule has 2 amide bonds. The van der Waals surface area contributed by atoms with E-state index in [-0.39, 0.29) is 23.9 Å². The summed E-state index contributed by atoms with van der Waals surface area (Å²) in [7, 11) is -3.20. The summed E-state index contributed by atoms with van der Waals surface area (Å²) in [4.78, 5) is 14.3. The van der Waals surface area contributed by atoms with Crippen LogP contribution in [0.25, 0.3) is 0 Å². The first-order valence-corrected chi connectivity index (χ1v) is 10.9. The molecule has 2 heterocycles. The maximum absolute atomic E-state index is 13.5. The molecule has 3 rings (SSSR count). The lowest BCUT2D eigenvalue weighted by Crippen LogP contribution is -2.53. The zero-order valence-corrected chi connectivity index (χ0v) is 16.5. The van der Waals surface area contributed by atoms with Gasteiger partial charge in [0.05, 0.1) is 18.0 Å². The molecule has 1 N–H and O–H groups in total.